The van der Waals surface area contributed by atoms with Gasteiger partial charge in [-0.15, -0.1) is 0 Å². The lowest BCUT2D eigenvalue weighted by Gasteiger charge is -2.57. The molecule has 0 aliphatic heterocycles. The van der Waals surface area contributed by atoms with Gasteiger partial charge >= 0.3 is 0 Å². The average molecular weight is 426 g/mol. The van der Waals surface area contributed by atoms with E-state index < -0.39 is 5.91 Å². The lowest BCUT2D eigenvalue weighted by molar-refractivity contribution is -0.0848. The number of primary amides is 1. The highest BCUT2D eigenvalue weighted by atomic mass is 35.5. The molecule has 0 radical (unpaired) electrons. The standard InChI is InChI=1S/C21H20ClN5O3/c22-12-3-4-17-26-16(11-27(17)10-12)19(29)25-13-6-21(7-13)8-14(9-21)30-20-15(18(23)28)2-1-5-24-20/h1-5,10-11,13-14H,6-9H2,(H2,23,28)(H,25,29). The fourth-order valence-electron chi connectivity index (χ4n) is 4.57. The highest BCUT2D eigenvalue weighted by molar-refractivity contribution is 6.30. The van der Waals surface area contributed by atoms with Crippen LogP contribution in [0.15, 0.2) is 42.9 Å². The number of rotatable bonds is 5. The zero-order chi connectivity index (χ0) is 20.9. The number of carbonyl (C=O) groups is 2. The number of pyridine rings is 2. The molecule has 9 heteroatoms. The van der Waals surface area contributed by atoms with E-state index in [1.54, 1.807) is 47.3 Å². The topological polar surface area (TPSA) is 112 Å². The number of nitrogens with zero attached hydrogens (tertiary/aromatic N) is 3. The number of halogens is 1. The van der Waals surface area contributed by atoms with E-state index in [2.05, 4.69) is 15.3 Å². The van der Waals surface area contributed by atoms with Crippen molar-refractivity contribution in [3.8, 4) is 5.88 Å². The summed E-state index contributed by atoms with van der Waals surface area (Å²) in [5.74, 6) is -0.435. The van der Waals surface area contributed by atoms with Crippen molar-refractivity contribution in [2.75, 3.05) is 0 Å². The summed E-state index contributed by atoms with van der Waals surface area (Å²) in [6, 6.07) is 6.92. The van der Waals surface area contributed by atoms with Gasteiger partial charge < -0.3 is 20.2 Å². The molecule has 1 spiro atoms. The van der Waals surface area contributed by atoms with Gasteiger partial charge in [-0.05, 0) is 55.4 Å². The van der Waals surface area contributed by atoms with Crippen LogP contribution in [0.5, 0.6) is 5.88 Å². The van der Waals surface area contributed by atoms with Gasteiger partial charge in [0.1, 0.15) is 23.0 Å². The summed E-state index contributed by atoms with van der Waals surface area (Å²) in [6.45, 7) is 0. The number of hydrogen-bond acceptors (Lipinski definition) is 5. The zero-order valence-electron chi connectivity index (χ0n) is 16.0. The smallest absolute Gasteiger partial charge is 0.271 e. The Hall–Kier alpha value is -3.13. The number of hydrogen-bond donors (Lipinski definition) is 2. The Morgan fingerprint density at radius 2 is 2.00 bits per heavy atom. The van der Waals surface area contributed by atoms with Crippen LogP contribution in [0, 0.1) is 5.41 Å². The fraction of sp³-hybridized carbons (Fsp3) is 0.333. The normalized spacial score (nSPS) is 24.8. The first-order chi connectivity index (χ1) is 14.4. The van der Waals surface area contributed by atoms with Crippen LogP contribution in [0.1, 0.15) is 46.5 Å². The van der Waals surface area contributed by atoms with Crippen molar-refractivity contribution in [1.29, 1.82) is 0 Å². The maximum Gasteiger partial charge on any atom is 0.271 e. The summed E-state index contributed by atoms with van der Waals surface area (Å²) in [5.41, 5.74) is 6.92. The van der Waals surface area contributed by atoms with Gasteiger partial charge in [0.15, 0.2) is 0 Å². The minimum Gasteiger partial charge on any atom is -0.474 e. The quantitative estimate of drug-likeness (QED) is 0.652. The maximum absolute atomic E-state index is 12.5. The SMILES string of the molecule is NC(=O)c1cccnc1OC1CC2(CC(NC(=O)c3cn4cc(Cl)ccc4n3)C2)C1. The molecular formula is C21H20ClN5O3. The summed E-state index contributed by atoms with van der Waals surface area (Å²) in [4.78, 5) is 32.5. The maximum atomic E-state index is 12.5. The van der Waals surface area contributed by atoms with Crippen molar-refractivity contribution < 1.29 is 14.3 Å². The Morgan fingerprint density at radius 3 is 2.77 bits per heavy atom. The van der Waals surface area contributed by atoms with Crippen LogP contribution in [0.4, 0.5) is 0 Å². The van der Waals surface area contributed by atoms with Crippen LogP contribution >= 0.6 is 11.6 Å². The van der Waals surface area contributed by atoms with E-state index in [1.807, 2.05) is 0 Å². The summed E-state index contributed by atoms with van der Waals surface area (Å²) < 4.78 is 7.62. The number of nitrogens with two attached hydrogens (primary N) is 1. The van der Waals surface area contributed by atoms with Gasteiger partial charge in [-0.1, -0.05) is 11.6 Å². The largest absolute Gasteiger partial charge is 0.474 e. The molecule has 3 aromatic heterocycles. The van der Waals surface area contributed by atoms with Crippen LogP contribution in [0.2, 0.25) is 5.02 Å². The molecule has 3 heterocycles. The Kier molecular flexibility index (Phi) is 4.39. The highest BCUT2D eigenvalue weighted by Gasteiger charge is 2.54. The van der Waals surface area contributed by atoms with E-state index in [0.717, 1.165) is 25.7 Å². The van der Waals surface area contributed by atoms with Crippen molar-refractivity contribution >= 4 is 29.1 Å². The van der Waals surface area contributed by atoms with Gasteiger partial charge in [0.05, 0.1) is 5.02 Å². The second-order valence-corrected chi connectivity index (χ2v) is 8.62. The molecule has 3 N–H and O–H groups in total. The average Bonchev–Trinajstić information content (AvgIpc) is 3.08. The van der Waals surface area contributed by atoms with Gasteiger partial charge in [0, 0.05) is 24.6 Å². The summed E-state index contributed by atoms with van der Waals surface area (Å²) in [7, 11) is 0. The Balaban J connectivity index is 1.14. The fourth-order valence-corrected chi connectivity index (χ4v) is 4.74. The molecule has 0 bridgehead atoms. The number of ether oxygens (including phenoxy) is 1. The van der Waals surface area contributed by atoms with Gasteiger partial charge in [-0.3, -0.25) is 9.59 Å². The Morgan fingerprint density at radius 1 is 1.20 bits per heavy atom. The van der Waals surface area contributed by atoms with E-state index >= 15 is 0 Å². The van der Waals surface area contributed by atoms with E-state index in [4.69, 9.17) is 22.1 Å². The number of aromatic nitrogens is 3. The first-order valence-corrected chi connectivity index (χ1v) is 10.2. The van der Waals surface area contributed by atoms with E-state index in [9.17, 15) is 9.59 Å². The molecule has 154 valence electrons. The van der Waals surface area contributed by atoms with Crippen LogP contribution < -0.4 is 15.8 Å². The van der Waals surface area contributed by atoms with Gasteiger partial charge in [-0.2, -0.15) is 0 Å². The third-order valence-corrected chi connectivity index (χ3v) is 6.20. The Labute approximate surface area is 177 Å². The number of nitrogens with one attached hydrogen (secondary N) is 1. The molecule has 2 aliphatic carbocycles. The number of fused-ring (bicyclic) bond motifs is 1. The molecule has 2 fully saturated rings. The molecule has 0 unspecified atom stereocenters. The first kappa shape index (κ1) is 18.9. The number of amides is 2. The van der Waals surface area contributed by atoms with Crippen LogP contribution in [0.3, 0.4) is 0 Å². The van der Waals surface area contributed by atoms with Crippen molar-refractivity contribution in [2.45, 2.75) is 37.8 Å². The van der Waals surface area contributed by atoms with Gasteiger partial charge in [0.2, 0.25) is 5.88 Å². The molecule has 0 atom stereocenters. The van der Waals surface area contributed by atoms with Crippen LogP contribution in [-0.4, -0.2) is 38.3 Å². The van der Waals surface area contributed by atoms with Crippen molar-refractivity contribution in [1.82, 2.24) is 19.7 Å². The highest BCUT2D eigenvalue weighted by Crippen LogP contribution is 2.56. The van der Waals surface area contributed by atoms with Crippen LogP contribution in [0.25, 0.3) is 5.65 Å². The molecule has 2 saturated carbocycles. The molecule has 5 rings (SSSR count). The zero-order valence-corrected chi connectivity index (χ0v) is 16.8. The molecule has 2 amide bonds. The molecular weight excluding hydrogens is 406 g/mol. The Bertz CT molecular complexity index is 1150. The molecule has 0 saturated heterocycles. The van der Waals surface area contributed by atoms with Crippen LogP contribution in [-0.2, 0) is 0 Å². The predicted octanol–water partition coefficient (Wildman–Crippen LogP) is 2.60. The predicted molar refractivity (Wildman–Crippen MR) is 110 cm³/mol. The second-order valence-electron chi connectivity index (χ2n) is 8.19. The first-order valence-electron chi connectivity index (χ1n) is 9.77. The van der Waals surface area contributed by atoms with Crippen molar-refractivity contribution in [3.05, 3.63) is 59.1 Å². The van der Waals surface area contributed by atoms with Crippen molar-refractivity contribution in [2.24, 2.45) is 11.1 Å². The molecule has 2 aliphatic rings. The minimum atomic E-state index is -0.548. The summed E-state index contributed by atoms with van der Waals surface area (Å²) in [6.07, 6.45) is 8.56. The van der Waals surface area contributed by atoms with Gasteiger partial charge in [-0.25, -0.2) is 9.97 Å². The van der Waals surface area contributed by atoms with E-state index in [0.29, 0.717) is 27.8 Å². The molecule has 3 aromatic rings. The number of imidazole rings is 1. The van der Waals surface area contributed by atoms with Gasteiger partial charge in [0.25, 0.3) is 11.8 Å². The third-order valence-electron chi connectivity index (χ3n) is 5.98. The van der Waals surface area contributed by atoms with E-state index in [-0.39, 0.29) is 23.5 Å². The molecule has 8 nitrogen and oxygen atoms in total. The minimum absolute atomic E-state index is 0.0119. The molecule has 0 aromatic carbocycles. The monoisotopic (exact) mass is 425 g/mol. The lowest BCUT2D eigenvalue weighted by atomic mass is 9.53. The number of carbonyl (C=O) groups excluding carboxylic acids is 2. The van der Waals surface area contributed by atoms with E-state index in [1.165, 1.54) is 0 Å². The molecule has 30 heavy (non-hydrogen) atoms. The summed E-state index contributed by atoms with van der Waals surface area (Å²) >= 11 is 5.98. The lowest BCUT2D eigenvalue weighted by Crippen LogP contribution is -2.58. The third kappa shape index (κ3) is 3.37. The van der Waals surface area contributed by atoms with Crippen molar-refractivity contribution in [3.63, 3.8) is 0 Å². The second kappa shape index (κ2) is 6.98. The summed E-state index contributed by atoms with van der Waals surface area (Å²) in [5, 5.41) is 3.64.